The lowest BCUT2D eigenvalue weighted by atomic mass is 10.1. The molecule has 4 rings (SSSR count). The van der Waals surface area contributed by atoms with Crippen molar-refractivity contribution in [1.29, 1.82) is 0 Å². The van der Waals surface area contributed by atoms with Crippen LogP contribution in [0.2, 0.25) is 15.1 Å². The van der Waals surface area contributed by atoms with Gasteiger partial charge in [0.15, 0.2) is 0 Å². The molecule has 1 N–H and O–H groups in total. The molecule has 0 saturated carbocycles. The van der Waals surface area contributed by atoms with E-state index in [1.165, 1.54) is 0 Å². The fourth-order valence-corrected chi connectivity index (χ4v) is 3.72. The lowest BCUT2D eigenvalue weighted by Gasteiger charge is -2.28. The van der Waals surface area contributed by atoms with Gasteiger partial charge in [-0.1, -0.05) is 77.3 Å². The normalized spacial score (nSPS) is 16.3. The van der Waals surface area contributed by atoms with E-state index in [1.54, 1.807) is 0 Å². The molecule has 28 heavy (non-hydrogen) atoms. The number of nitrogens with one attached hydrogen (secondary N) is 1. The molecule has 1 unspecified atom stereocenters. The SMILES string of the molecule is Clc1ccc(N2NC(C=Cc3ccccc3Cl)=CC2c2ccccc2Cl)cc1. The molecule has 0 bridgehead atoms. The Hall–Kier alpha value is -2.39. The molecule has 0 amide bonds. The first-order valence-electron chi connectivity index (χ1n) is 8.82. The predicted octanol–water partition coefficient (Wildman–Crippen LogP) is 7.31. The Morgan fingerprint density at radius 2 is 1.43 bits per heavy atom. The highest BCUT2D eigenvalue weighted by molar-refractivity contribution is 6.32. The standard InChI is InChI=1S/C23H17Cl3N2/c24-17-10-13-19(14-11-17)28-23(20-6-2-4-8-22(20)26)15-18(27-28)12-9-16-5-1-3-7-21(16)25/h1-15,23,27H. The van der Waals surface area contributed by atoms with E-state index in [2.05, 4.69) is 16.5 Å². The molecule has 0 saturated heterocycles. The lowest BCUT2D eigenvalue weighted by Crippen LogP contribution is -2.34. The molecule has 0 fully saturated rings. The minimum Gasteiger partial charge on any atom is -0.298 e. The summed E-state index contributed by atoms with van der Waals surface area (Å²) in [5.74, 6) is 0. The summed E-state index contributed by atoms with van der Waals surface area (Å²) in [5.41, 5.74) is 7.39. The van der Waals surface area contributed by atoms with Crippen molar-refractivity contribution in [3.8, 4) is 0 Å². The number of halogens is 3. The Morgan fingerprint density at radius 3 is 2.14 bits per heavy atom. The van der Waals surface area contributed by atoms with Gasteiger partial charge in [0.1, 0.15) is 0 Å². The van der Waals surface area contributed by atoms with Gasteiger partial charge in [-0.2, -0.15) is 0 Å². The van der Waals surface area contributed by atoms with Crippen molar-refractivity contribution in [3.05, 3.63) is 117 Å². The van der Waals surface area contributed by atoms with E-state index in [9.17, 15) is 0 Å². The lowest BCUT2D eigenvalue weighted by molar-refractivity contribution is 0.710. The summed E-state index contributed by atoms with van der Waals surface area (Å²) in [6, 6.07) is 23.3. The van der Waals surface area contributed by atoms with Crippen LogP contribution in [0.3, 0.4) is 0 Å². The molecule has 140 valence electrons. The van der Waals surface area contributed by atoms with Crippen LogP contribution in [0.5, 0.6) is 0 Å². The Labute approximate surface area is 179 Å². The van der Waals surface area contributed by atoms with Gasteiger partial charge >= 0.3 is 0 Å². The fourth-order valence-electron chi connectivity index (χ4n) is 3.14. The molecular formula is C23H17Cl3N2. The molecule has 1 atom stereocenters. The molecule has 3 aromatic carbocycles. The van der Waals surface area contributed by atoms with Crippen molar-refractivity contribution >= 4 is 46.6 Å². The van der Waals surface area contributed by atoms with E-state index >= 15 is 0 Å². The highest BCUT2D eigenvalue weighted by Crippen LogP contribution is 2.36. The average Bonchev–Trinajstić information content (AvgIpc) is 3.12. The third kappa shape index (κ3) is 4.05. The van der Waals surface area contributed by atoms with Crippen LogP contribution in [0.1, 0.15) is 17.2 Å². The van der Waals surface area contributed by atoms with Crippen molar-refractivity contribution in [2.24, 2.45) is 0 Å². The van der Waals surface area contributed by atoms with Gasteiger partial charge < -0.3 is 0 Å². The van der Waals surface area contributed by atoms with Gasteiger partial charge in [-0.05, 0) is 59.7 Å². The van der Waals surface area contributed by atoms with Gasteiger partial charge in [-0.3, -0.25) is 10.4 Å². The zero-order valence-corrected chi connectivity index (χ0v) is 17.1. The molecule has 1 heterocycles. The molecule has 1 aliphatic rings. The van der Waals surface area contributed by atoms with Gasteiger partial charge in [0.25, 0.3) is 0 Å². The van der Waals surface area contributed by atoms with E-state index in [0.717, 1.165) is 32.6 Å². The Morgan fingerprint density at radius 1 is 0.750 bits per heavy atom. The molecular weight excluding hydrogens is 411 g/mol. The number of rotatable bonds is 4. The zero-order chi connectivity index (χ0) is 19.5. The third-order valence-corrected chi connectivity index (χ3v) is 5.48. The maximum atomic E-state index is 6.48. The van der Waals surface area contributed by atoms with E-state index in [1.807, 2.05) is 84.9 Å². The summed E-state index contributed by atoms with van der Waals surface area (Å²) < 4.78 is 0. The third-order valence-electron chi connectivity index (χ3n) is 4.54. The summed E-state index contributed by atoms with van der Waals surface area (Å²) in [5, 5.41) is 4.21. The molecule has 0 aliphatic carbocycles. The first kappa shape index (κ1) is 18.9. The summed E-state index contributed by atoms with van der Waals surface area (Å²) in [4.78, 5) is 0. The predicted molar refractivity (Wildman–Crippen MR) is 120 cm³/mol. The van der Waals surface area contributed by atoms with Crippen LogP contribution in [0.15, 0.2) is 90.6 Å². The van der Waals surface area contributed by atoms with Crippen LogP contribution in [-0.4, -0.2) is 0 Å². The number of hydrogen-bond donors (Lipinski definition) is 1. The molecule has 0 radical (unpaired) electrons. The topological polar surface area (TPSA) is 15.3 Å². The van der Waals surface area contributed by atoms with Crippen molar-refractivity contribution < 1.29 is 0 Å². The first-order chi connectivity index (χ1) is 13.6. The Bertz CT molecular complexity index is 1040. The average molecular weight is 428 g/mol. The highest BCUT2D eigenvalue weighted by atomic mass is 35.5. The fraction of sp³-hybridized carbons (Fsp3) is 0.0435. The molecule has 2 nitrogen and oxygen atoms in total. The van der Waals surface area contributed by atoms with E-state index in [4.69, 9.17) is 34.8 Å². The van der Waals surface area contributed by atoms with Crippen LogP contribution in [0.25, 0.3) is 6.08 Å². The smallest absolute Gasteiger partial charge is 0.0972 e. The Kier molecular flexibility index (Phi) is 5.63. The van der Waals surface area contributed by atoms with Gasteiger partial charge in [-0.25, -0.2) is 0 Å². The number of hydrazine groups is 1. The van der Waals surface area contributed by atoms with E-state index in [-0.39, 0.29) is 6.04 Å². The Balaban J connectivity index is 1.69. The van der Waals surface area contributed by atoms with Crippen molar-refractivity contribution in [3.63, 3.8) is 0 Å². The van der Waals surface area contributed by atoms with Gasteiger partial charge in [0.2, 0.25) is 0 Å². The second-order valence-corrected chi connectivity index (χ2v) is 7.65. The summed E-state index contributed by atoms with van der Waals surface area (Å²) in [6.45, 7) is 0. The summed E-state index contributed by atoms with van der Waals surface area (Å²) in [6.07, 6.45) is 6.15. The van der Waals surface area contributed by atoms with Gasteiger partial charge in [-0.15, -0.1) is 0 Å². The van der Waals surface area contributed by atoms with Crippen LogP contribution >= 0.6 is 34.8 Å². The number of anilines is 1. The molecule has 0 spiro atoms. The molecule has 1 aliphatic heterocycles. The second-order valence-electron chi connectivity index (χ2n) is 6.40. The number of hydrogen-bond acceptors (Lipinski definition) is 2. The zero-order valence-electron chi connectivity index (χ0n) is 14.8. The van der Waals surface area contributed by atoms with Crippen LogP contribution in [0.4, 0.5) is 5.69 Å². The van der Waals surface area contributed by atoms with Gasteiger partial charge in [0, 0.05) is 15.1 Å². The molecule has 3 aromatic rings. The minimum absolute atomic E-state index is 0.0548. The van der Waals surface area contributed by atoms with E-state index in [0.29, 0.717) is 5.02 Å². The number of nitrogens with zero attached hydrogens (tertiary/aromatic N) is 1. The number of allylic oxidation sites excluding steroid dienone is 1. The van der Waals surface area contributed by atoms with Crippen molar-refractivity contribution in [1.82, 2.24) is 5.43 Å². The second kappa shape index (κ2) is 8.32. The monoisotopic (exact) mass is 426 g/mol. The highest BCUT2D eigenvalue weighted by Gasteiger charge is 2.27. The minimum atomic E-state index is -0.0548. The largest absolute Gasteiger partial charge is 0.298 e. The molecule has 0 aromatic heterocycles. The van der Waals surface area contributed by atoms with E-state index < -0.39 is 0 Å². The summed E-state index contributed by atoms with van der Waals surface area (Å²) in [7, 11) is 0. The first-order valence-corrected chi connectivity index (χ1v) is 9.95. The number of benzene rings is 3. The van der Waals surface area contributed by atoms with Crippen molar-refractivity contribution in [2.75, 3.05) is 5.01 Å². The maximum Gasteiger partial charge on any atom is 0.0972 e. The molecule has 5 heteroatoms. The van der Waals surface area contributed by atoms with Crippen LogP contribution < -0.4 is 10.4 Å². The quantitative estimate of drug-likeness (QED) is 0.469. The summed E-state index contributed by atoms with van der Waals surface area (Å²) >= 11 is 18.8. The van der Waals surface area contributed by atoms with Crippen LogP contribution in [-0.2, 0) is 0 Å². The van der Waals surface area contributed by atoms with Crippen molar-refractivity contribution in [2.45, 2.75) is 6.04 Å². The van der Waals surface area contributed by atoms with Gasteiger partial charge in [0.05, 0.1) is 17.4 Å². The van der Waals surface area contributed by atoms with Crippen LogP contribution in [0, 0.1) is 0 Å². The maximum absolute atomic E-state index is 6.48.